The molecule has 0 radical (unpaired) electrons. The predicted octanol–water partition coefficient (Wildman–Crippen LogP) is -1.51. The maximum absolute atomic E-state index is 12.8. The number of carbonyl (C=O) groups excluding carboxylic acids is 3. The Morgan fingerprint density at radius 3 is 2.12 bits per heavy atom. The lowest BCUT2D eigenvalue weighted by molar-refractivity contribution is -0.141. The van der Waals surface area contributed by atoms with E-state index >= 15 is 0 Å². The van der Waals surface area contributed by atoms with E-state index in [9.17, 15) is 24.0 Å². The summed E-state index contributed by atoms with van der Waals surface area (Å²) in [6.07, 6.45) is -0.583. The lowest BCUT2D eigenvalue weighted by atomic mass is 10.0. The van der Waals surface area contributed by atoms with Gasteiger partial charge in [0.1, 0.15) is 17.8 Å². The van der Waals surface area contributed by atoms with Crippen molar-refractivity contribution in [3.63, 3.8) is 0 Å². The lowest BCUT2D eigenvalue weighted by Crippen LogP contribution is -2.55. The number of carboxylic acid groups (broad SMARTS) is 2. The van der Waals surface area contributed by atoms with Crippen molar-refractivity contribution in [2.75, 3.05) is 26.7 Å². The first-order valence-electron chi connectivity index (χ1n) is 9.83. The maximum atomic E-state index is 12.8. The number of ether oxygens (including phenoxy) is 1. The smallest absolute Gasteiger partial charge is 0.341 e. The number of aliphatic carboxylic acids is 2. The summed E-state index contributed by atoms with van der Waals surface area (Å²) < 4.78 is 5.05. The summed E-state index contributed by atoms with van der Waals surface area (Å²) in [5.41, 5.74) is 0.616. The number of likely N-dealkylation sites (N-methyl/N-ethyl adjacent to an activating group) is 2. The van der Waals surface area contributed by atoms with Gasteiger partial charge in [0, 0.05) is 13.0 Å². The summed E-state index contributed by atoms with van der Waals surface area (Å²) >= 11 is 0. The minimum Gasteiger partial charge on any atom is -0.482 e. The van der Waals surface area contributed by atoms with E-state index in [0.717, 1.165) is 0 Å². The van der Waals surface area contributed by atoms with Crippen LogP contribution in [0.2, 0.25) is 0 Å². The Bertz CT molecular complexity index is 812. The molecular formula is C20H28N4O8. The quantitative estimate of drug-likeness (QED) is 0.195. The van der Waals surface area contributed by atoms with Crippen molar-refractivity contribution in [1.82, 2.24) is 21.3 Å². The summed E-state index contributed by atoms with van der Waals surface area (Å²) in [5, 5.41) is 27.8. The molecule has 0 saturated heterocycles. The van der Waals surface area contributed by atoms with Crippen molar-refractivity contribution in [3.8, 4) is 5.75 Å². The van der Waals surface area contributed by atoms with Crippen LogP contribution < -0.4 is 26.0 Å². The zero-order chi connectivity index (χ0) is 24.1. The van der Waals surface area contributed by atoms with Crippen LogP contribution >= 0.6 is 0 Å². The monoisotopic (exact) mass is 452 g/mol. The van der Waals surface area contributed by atoms with Gasteiger partial charge in [-0.25, -0.2) is 4.79 Å². The van der Waals surface area contributed by atoms with E-state index in [-0.39, 0.29) is 19.5 Å². The molecule has 0 aliphatic heterocycles. The second-order valence-corrected chi connectivity index (χ2v) is 6.73. The normalized spacial score (nSPS) is 12.2. The molecule has 0 fully saturated rings. The van der Waals surface area contributed by atoms with Crippen molar-refractivity contribution in [3.05, 3.63) is 29.8 Å². The second-order valence-electron chi connectivity index (χ2n) is 6.73. The molecule has 0 saturated carbocycles. The van der Waals surface area contributed by atoms with Crippen molar-refractivity contribution < 1.29 is 38.9 Å². The van der Waals surface area contributed by atoms with E-state index < -0.39 is 54.8 Å². The number of hydrogen-bond acceptors (Lipinski definition) is 7. The molecule has 6 N–H and O–H groups in total. The van der Waals surface area contributed by atoms with Crippen LogP contribution in [0, 0.1) is 0 Å². The first-order chi connectivity index (χ1) is 15.2. The molecule has 0 aliphatic rings. The zero-order valence-electron chi connectivity index (χ0n) is 17.8. The molecular weight excluding hydrogens is 424 g/mol. The molecule has 2 atom stereocenters. The highest BCUT2D eigenvalue weighted by atomic mass is 16.5. The Labute approximate surface area is 184 Å². The van der Waals surface area contributed by atoms with Gasteiger partial charge in [0.05, 0.1) is 13.0 Å². The van der Waals surface area contributed by atoms with Gasteiger partial charge in [-0.05, 0) is 31.7 Å². The van der Waals surface area contributed by atoms with Crippen molar-refractivity contribution >= 4 is 29.7 Å². The minimum atomic E-state index is -1.31. The van der Waals surface area contributed by atoms with Gasteiger partial charge in [0.15, 0.2) is 6.61 Å². The van der Waals surface area contributed by atoms with Crippen LogP contribution in [0.5, 0.6) is 5.75 Å². The summed E-state index contributed by atoms with van der Waals surface area (Å²) in [5.74, 6) is -3.92. The summed E-state index contributed by atoms with van der Waals surface area (Å²) in [6, 6.07) is 3.83. The molecule has 1 aromatic carbocycles. The third-order valence-corrected chi connectivity index (χ3v) is 4.08. The first-order valence-corrected chi connectivity index (χ1v) is 9.83. The fraction of sp³-hybridized carbons (Fsp3) is 0.450. The number of rotatable bonds is 14. The maximum Gasteiger partial charge on any atom is 0.341 e. The molecule has 1 rings (SSSR count). The third kappa shape index (κ3) is 9.89. The van der Waals surface area contributed by atoms with Gasteiger partial charge in [0.25, 0.3) is 0 Å². The van der Waals surface area contributed by atoms with Crippen LogP contribution in [0.1, 0.15) is 18.9 Å². The number of carboxylic acids is 2. The van der Waals surface area contributed by atoms with Crippen LogP contribution in [0.3, 0.4) is 0 Å². The molecule has 0 unspecified atom stereocenters. The van der Waals surface area contributed by atoms with E-state index in [1.165, 1.54) is 12.1 Å². The SMILES string of the molecule is CCNC(=O)[C@H](CC(=O)O)NC(=O)[C@H](Cc1ccc(OCC(=O)O)cc1)NC(=O)CNC. The van der Waals surface area contributed by atoms with Crippen molar-refractivity contribution in [1.29, 1.82) is 0 Å². The Morgan fingerprint density at radius 1 is 0.938 bits per heavy atom. The molecule has 12 nitrogen and oxygen atoms in total. The number of benzene rings is 1. The number of hydrogen-bond donors (Lipinski definition) is 6. The van der Waals surface area contributed by atoms with Gasteiger partial charge < -0.3 is 36.2 Å². The summed E-state index contributed by atoms with van der Waals surface area (Å²) in [6.45, 7) is 1.35. The average Bonchev–Trinajstić information content (AvgIpc) is 2.72. The predicted molar refractivity (Wildman–Crippen MR) is 112 cm³/mol. The first kappa shape index (κ1) is 26.4. The molecule has 176 valence electrons. The molecule has 12 heteroatoms. The fourth-order valence-corrected chi connectivity index (χ4v) is 2.67. The van der Waals surface area contributed by atoms with Crippen LogP contribution in [-0.4, -0.2) is 78.7 Å². The van der Waals surface area contributed by atoms with Gasteiger partial charge in [-0.15, -0.1) is 0 Å². The van der Waals surface area contributed by atoms with Gasteiger partial charge >= 0.3 is 11.9 Å². The zero-order valence-corrected chi connectivity index (χ0v) is 17.8. The minimum absolute atomic E-state index is 0.0374. The van der Waals surface area contributed by atoms with E-state index in [1.54, 1.807) is 26.1 Å². The van der Waals surface area contributed by atoms with Crippen molar-refractivity contribution in [2.45, 2.75) is 31.8 Å². The van der Waals surface area contributed by atoms with Crippen LogP contribution in [0.15, 0.2) is 24.3 Å². The lowest BCUT2D eigenvalue weighted by Gasteiger charge is -2.22. The molecule has 0 aliphatic carbocycles. The topological polar surface area (TPSA) is 183 Å². The van der Waals surface area contributed by atoms with E-state index in [2.05, 4.69) is 21.3 Å². The number of amides is 3. The Morgan fingerprint density at radius 2 is 1.59 bits per heavy atom. The summed E-state index contributed by atoms with van der Waals surface area (Å²) in [4.78, 5) is 58.7. The molecule has 0 heterocycles. The molecule has 32 heavy (non-hydrogen) atoms. The van der Waals surface area contributed by atoms with E-state index in [4.69, 9.17) is 14.9 Å². The molecule has 3 amide bonds. The average molecular weight is 452 g/mol. The fourth-order valence-electron chi connectivity index (χ4n) is 2.67. The highest BCUT2D eigenvalue weighted by Gasteiger charge is 2.28. The van der Waals surface area contributed by atoms with Crippen LogP contribution in [0.25, 0.3) is 0 Å². The standard InChI is InChI=1S/C20H28N4O8/c1-3-22-19(30)15(9-17(26)27)24-20(31)14(23-16(25)10-21-2)8-12-4-6-13(7-5-12)32-11-18(28)29/h4-7,14-15,21H,3,8-11H2,1-2H3,(H,22,30)(H,23,25)(H,24,31)(H,26,27)(H,28,29)/t14-,15-/m0/s1. The molecule has 1 aromatic rings. The van der Waals surface area contributed by atoms with Gasteiger partial charge in [-0.3, -0.25) is 19.2 Å². The largest absolute Gasteiger partial charge is 0.482 e. The second kappa shape index (κ2) is 13.6. The third-order valence-electron chi connectivity index (χ3n) is 4.08. The molecule has 0 aromatic heterocycles. The Kier molecular flexibility index (Phi) is 11.2. The van der Waals surface area contributed by atoms with Gasteiger partial charge in [-0.2, -0.15) is 0 Å². The summed E-state index contributed by atoms with van der Waals surface area (Å²) in [7, 11) is 1.56. The molecule has 0 bridgehead atoms. The number of nitrogens with one attached hydrogen (secondary N) is 4. The van der Waals surface area contributed by atoms with Gasteiger partial charge in [-0.1, -0.05) is 12.1 Å². The van der Waals surface area contributed by atoms with Crippen LogP contribution in [0.4, 0.5) is 0 Å². The highest BCUT2D eigenvalue weighted by Crippen LogP contribution is 2.14. The highest BCUT2D eigenvalue weighted by molar-refractivity contribution is 5.94. The van der Waals surface area contributed by atoms with Crippen molar-refractivity contribution in [2.24, 2.45) is 0 Å². The van der Waals surface area contributed by atoms with E-state index in [0.29, 0.717) is 11.3 Å². The Balaban J connectivity index is 2.97. The van der Waals surface area contributed by atoms with Gasteiger partial charge in [0.2, 0.25) is 17.7 Å². The van der Waals surface area contributed by atoms with E-state index in [1.807, 2.05) is 0 Å². The Hall–Kier alpha value is -3.67. The van der Waals surface area contributed by atoms with Crippen LogP contribution in [-0.2, 0) is 30.4 Å². The number of carbonyl (C=O) groups is 5. The molecule has 0 spiro atoms.